The van der Waals surface area contributed by atoms with Crippen LogP contribution in [0, 0.1) is 0 Å². The number of hydrogen-bond donors (Lipinski definition) is 2. The number of methoxy groups -OCH3 is 1. The van der Waals surface area contributed by atoms with E-state index in [0.29, 0.717) is 17.2 Å². The van der Waals surface area contributed by atoms with Crippen LogP contribution in [-0.4, -0.2) is 28.2 Å². The van der Waals surface area contributed by atoms with Gasteiger partial charge in [-0.25, -0.2) is 9.78 Å². The number of carbonyl (C=O) groups is 1. The summed E-state index contributed by atoms with van der Waals surface area (Å²) in [5.74, 6) is 0.387. The second-order valence-corrected chi connectivity index (χ2v) is 5.36. The van der Waals surface area contributed by atoms with Gasteiger partial charge in [-0.2, -0.15) is 0 Å². The number of benzene rings is 1. The van der Waals surface area contributed by atoms with E-state index < -0.39 is 5.97 Å². The summed E-state index contributed by atoms with van der Waals surface area (Å²) < 4.78 is 10.4. The van der Waals surface area contributed by atoms with E-state index in [-0.39, 0.29) is 12.3 Å². The molecule has 0 saturated heterocycles. The fraction of sp³-hybridized carbons (Fsp3) is 0.111. The lowest BCUT2D eigenvalue weighted by Gasteiger charge is -2.04. The van der Waals surface area contributed by atoms with E-state index >= 15 is 0 Å². The van der Waals surface area contributed by atoms with E-state index in [1.54, 1.807) is 18.2 Å². The number of aliphatic hydroxyl groups excluding tert-OH is 1. The number of fused-ring (bicyclic) bond motifs is 3. The second kappa shape index (κ2) is 5.50. The van der Waals surface area contributed by atoms with Crippen LogP contribution < -0.4 is 0 Å². The third kappa shape index (κ3) is 2.16. The normalized spacial score (nSPS) is 11.2. The van der Waals surface area contributed by atoms with Gasteiger partial charge in [0.15, 0.2) is 5.76 Å². The summed E-state index contributed by atoms with van der Waals surface area (Å²) in [4.78, 5) is 19.7. The molecule has 0 spiro atoms. The molecule has 3 heterocycles. The summed E-state index contributed by atoms with van der Waals surface area (Å²) in [5, 5.41) is 11.1. The molecule has 4 rings (SSSR count). The zero-order chi connectivity index (χ0) is 16.7. The van der Waals surface area contributed by atoms with Crippen molar-refractivity contribution in [3.05, 3.63) is 53.9 Å². The molecule has 0 radical (unpaired) electrons. The van der Waals surface area contributed by atoms with Crippen LogP contribution in [0.3, 0.4) is 0 Å². The van der Waals surface area contributed by atoms with Crippen molar-refractivity contribution in [2.45, 2.75) is 6.61 Å². The average molecular weight is 322 g/mol. The molecule has 0 amide bonds. The molecule has 6 heteroatoms. The van der Waals surface area contributed by atoms with Crippen molar-refractivity contribution in [1.82, 2.24) is 9.97 Å². The van der Waals surface area contributed by atoms with E-state index in [2.05, 4.69) is 9.97 Å². The predicted octanol–water partition coefficient (Wildman–Crippen LogP) is 3.26. The van der Waals surface area contributed by atoms with E-state index in [1.807, 2.05) is 24.3 Å². The van der Waals surface area contributed by atoms with Crippen molar-refractivity contribution < 1.29 is 19.1 Å². The van der Waals surface area contributed by atoms with Gasteiger partial charge in [-0.15, -0.1) is 0 Å². The minimum absolute atomic E-state index is 0.201. The predicted molar refractivity (Wildman–Crippen MR) is 88.6 cm³/mol. The Balaban J connectivity index is 2.07. The van der Waals surface area contributed by atoms with E-state index in [0.717, 1.165) is 21.8 Å². The number of esters is 1. The molecule has 24 heavy (non-hydrogen) atoms. The minimum Gasteiger partial charge on any atom is -0.464 e. The van der Waals surface area contributed by atoms with Gasteiger partial charge in [0.1, 0.15) is 23.8 Å². The first kappa shape index (κ1) is 14.5. The number of nitrogens with one attached hydrogen (secondary N) is 1. The number of pyridine rings is 1. The SMILES string of the molecule is COC(=O)c1cc2c([nH]c3ccccc32)c(-c2ccc(CO)o2)n1. The molecule has 0 fully saturated rings. The lowest BCUT2D eigenvalue weighted by molar-refractivity contribution is 0.0594. The summed E-state index contributed by atoms with van der Waals surface area (Å²) in [6.45, 7) is -0.202. The zero-order valence-corrected chi connectivity index (χ0v) is 12.9. The fourth-order valence-electron chi connectivity index (χ4n) is 2.82. The quantitative estimate of drug-likeness (QED) is 0.565. The standard InChI is InChI=1S/C18H14N2O4/c1-23-18(22)14-8-12-11-4-2-3-5-13(11)19-16(12)17(20-14)15-7-6-10(9-21)24-15/h2-8,19,21H,9H2,1H3. The molecule has 4 aromatic rings. The number of ether oxygens (including phenoxy) is 1. The van der Waals surface area contributed by atoms with Crippen molar-refractivity contribution in [3.63, 3.8) is 0 Å². The molecule has 0 saturated carbocycles. The molecule has 0 aliphatic heterocycles. The number of carbonyl (C=O) groups excluding carboxylic acids is 1. The van der Waals surface area contributed by atoms with Gasteiger partial charge in [-0.05, 0) is 24.3 Å². The average Bonchev–Trinajstić information content (AvgIpc) is 3.24. The van der Waals surface area contributed by atoms with Crippen LogP contribution in [0.4, 0.5) is 0 Å². The summed E-state index contributed by atoms with van der Waals surface area (Å²) in [6.07, 6.45) is 0. The smallest absolute Gasteiger partial charge is 0.356 e. The Morgan fingerprint density at radius 2 is 2.08 bits per heavy atom. The highest BCUT2D eigenvalue weighted by atomic mass is 16.5. The summed E-state index contributed by atoms with van der Waals surface area (Å²) in [6, 6.07) is 12.9. The molecular weight excluding hydrogens is 308 g/mol. The van der Waals surface area contributed by atoms with Gasteiger partial charge in [0, 0.05) is 16.3 Å². The van der Waals surface area contributed by atoms with E-state index in [1.165, 1.54) is 7.11 Å². The fourth-order valence-corrected chi connectivity index (χ4v) is 2.82. The molecule has 6 nitrogen and oxygen atoms in total. The number of furan rings is 1. The van der Waals surface area contributed by atoms with Crippen molar-refractivity contribution >= 4 is 27.8 Å². The van der Waals surface area contributed by atoms with Crippen LogP contribution in [0.2, 0.25) is 0 Å². The van der Waals surface area contributed by atoms with Crippen molar-refractivity contribution in [3.8, 4) is 11.5 Å². The highest BCUT2D eigenvalue weighted by Crippen LogP contribution is 2.33. The molecule has 0 aliphatic carbocycles. The van der Waals surface area contributed by atoms with E-state index in [4.69, 9.17) is 9.15 Å². The van der Waals surface area contributed by atoms with Gasteiger partial charge in [0.25, 0.3) is 0 Å². The lowest BCUT2D eigenvalue weighted by Crippen LogP contribution is -2.05. The number of aromatic amines is 1. The Labute approximate surface area is 136 Å². The number of para-hydroxylation sites is 1. The lowest BCUT2D eigenvalue weighted by atomic mass is 10.1. The van der Waals surface area contributed by atoms with Crippen LogP contribution in [-0.2, 0) is 11.3 Å². The Kier molecular flexibility index (Phi) is 3.32. The number of rotatable bonds is 3. The van der Waals surface area contributed by atoms with Crippen molar-refractivity contribution in [1.29, 1.82) is 0 Å². The number of nitrogens with zero attached hydrogens (tertiary/aromatic N) is 1. The van der Waals surface area contributed by atoms with Gasteiger partial charge in [0.05, 0.1) is 12.6 Å². The van der Waals surface area contributed by atoms with Crippen molar-refractivity contribution in [2.75, 3.05) is 7.11 Å². The first-order valence-electron chi connectivity index (χ1n) is 7.41. The van der Waals surface area contributed by atoms with Gasteiger partial charge in [0.2, 0.25) is 0 Å². The largest absolute Gasteiger partial charge is 0.464 e. The van der Waals surface area contributed by atoms with Crippen LogP contribution in [0.1, 0.15) is 16.2 Å². The van der Waals surface area contributed by atoms with E-state index in [9.17, 15) is 9.90 Å². The number of aromatic nitrogens is 2. The Bertz CT molecular complexity index is 1060. The first-order valence-corrected chi connectivity index (χ1v) is 7.41. The monoisotopic (exact) mass is 322 g/mol. The molecular formula is C18H14N2O4. The summed E-state index contributed by atoms with van der Waals surface area (Å²) in [7, 11) is 1.32. The van der Waals surface area contributed by atoms with Gasteiger partial charge >= 0.3 is 5.97 Å². The number of hydrogen-bond acceptors (Lipinski definition) is 5. The van der Waals surface area contributed by atoms with Crippen LogP contribution in [0.25, 0.3) is 33.3 Å². The molecule has 0 bridgehead atoms. The third-order valence-electron chi connectivity index (χ3n) is 3.94. The Hall–Kier alpha value is -3.12. The highest BCUT2D eigenvalue weighted by molar-refractivity contribution is 6.12. The van der Waals surface area contributed by atoms with Gasteiger partial charge in [-0.3, -0.25) is 0 Å². The molecule has 3 aromatic heterocycles. The van der Waals surface area contributed by atoms with Crippen LogP contribution in [0.5, 0.6) is 0 Å². The maximum atomic E-state index is 12.0. The Morgan fingerprint density at radius 1 is 1.25 bits per heavy atom. The van der Waals surface area contributed by atoms with Crippen LogP contribution >= 0.6 is 0 Å². The topological polar surface area (TPSA) is 88.4 Å². The van der Waals surface area contributed by atoms with Gasteiger partial charge < -0.3 is 19.2 Å². The van der Waals surface area contributed by atoms with Crippen molar-refractivity contribution in [2.24, 2.45) is 0 Å². The molecule has 2 N–H and O–H groups in total. The second-order valence-electron chi connectivity index (χ2n) is 5.36. The third-order valence-corrected chi connectivity index (χ3v) is 3.94. The summed E-state index contributed by atoms with van der Waals surface area (Å²) in [5.41, 5.74) is 2.41. The number of H-pyrrole nitrogens is 1. The molecule has 0 unspecified atom stereocenters. The number of aliphatic hydroxyl groups is 1. The zero-order valence-electron chi connectivity index (χ0n) is 12.9. The Morgan fingerprint density at radius 3 is 2.83 bits per heavy atom. The highest BCUT2D eigenvalue weighted by Gasteiger charge is 2.19. The molecule has 120 valence electrons. The molecule has 0 aliphatic rings. The maximum absolute atomic E-state index is 12.0. The minimum atomic E-state index is -0.516. The summed E-state index contributed by atoms with van der Waals surface area (Å²) >= 11 is 0. The van der Waals surface area contributed by atoms with Gasteiger partial charge in [-0.1, -0.05) is 18.2 Å². The molecule has 0 atom stereocenters. The van der Waals surface area contributed by atoms with Crippen LogP contribution in [0.15, 0.2) is 46.9 Å². The maximum Gasteiger partial charge on any atom is 0.356 e. The molecule has 1 aromatic carbocycles. The first-order chi connectivity index (χ1) is 11.7.